The predicted molar refractivity (Wildman–Crippen MR) is 74.4 cm³/mol. The van der Waals surface area contributed by atoms with Crippen LogP contribution < -0.4 is 0 Å². The molecule has 3 aromatic rings. The van der Waals surface area contributed by atoms with Crippen LogP contribution in [0.4, 0.5) is 0 Å². The first-order valence-corrected chi connectivity index (χ1v) is 6.83. The molecule has 2 aromatic heterocycles. The minimum Gasteiger partial charge on any atom is -0.439 e. The average molecular weight is 282 g/mol. The molecule has 6 heteroatoms. The molecule has 6 nitrogen and oxygen atoms in total. The number of aromatic nitrogens is 4. The fourth-order valence-electron chi connectivity index (χ4n) is 2.82. The summed E-state index contributed by atoms with van der Waals surface area (Å²) in [7, 11) is 0. The van der Waals surface area contributed by atoms with Gasteiger partial charge in [0.2, 0.25) is 0 Å². The standard InChI is InChI=1S/C15H14N4O2/c1-9-16-7-14(21-9)12-8-19(18-17-12)13-6-10-4-2-3-5-11(10)15(13)20/h2-5,7-8,13,15,20H,6H2,1H3/t13?,15-/m0/s1. The largest absolute Gasteiger partial charge is 0.439 e. The molecule has 0 fully saturated rings. The smallest absolute Gasteiger partial charge is 0.191 e. The van der Waals surface area contributed by atoms with Crippen molar-refractivity contribution in [3.05, 3.63) is 53.7 Å². The van der Waals surface area contributed by atoms with Gasteiger partial charge in [0.25, 0.3) is 0 Å². The van der Waals surface area contributed by atoms with Gasteiger partial charge in [0, 0.05) is 6.92 Å². The monoisotopic (exact) mass is 282 g/mol. The van der Waals surface area contributed by atoms with Crippen molar-refractivity contribution in [2.75, 3.05) is 0 Å². The van der Waals surface area contributed by atoms with Gasteiger partial charge in [-0.3, -0.25) is 0 Å². The summed E-state index contributed by atoms with van der Waals surface area (Å²) >= 11 is 0. The average Bonchev–Trinajstić information content (AvgIpc) is 3.18. The molecule has 0 amide bonds. The van der Waals surface area contributed by atoms with Gasteiger partial charge in [-0.25, -0.2) is 9.67 Å². The Morgan fingerprint density at radius 3 is 2.95 bits per heavy atom. The highest BCUT2D eigenvalue weighted by Crippen LogP contribution is 2.38. The first kappa shape index (κ1) is 12.3. The fourth-order valence-corrected chi connectivity index (χ4v) is 2.82. The summed E-state index contributed by atoms with van der Waals surface area (Å²) in [4.78, 5) is 4.05. The van der Waals surface area contributed by atoms with E-state index in [2.05, 4.69) is 15.3 Å². The number of rotatable bonds is 2. The number of benzene rings is 1. The maximum atomic E-state index is 10.5. The van der Waals surface area contributed by atoms with Gasteiger partial charge in [-0.05, 0) is 17.5 Å². The van der Waals surface area contributed by atoms with Crippen LogP contribution in [0.3, 0.4) is 0 Å². The van der Waals surface area contributed by atoms with Crippen molar-refractivity contribution < 1.29 is 9.52 Å². The van der Waals surface area contributed by atoms with Crippen LogP contribution in [-0.2, 0) is 6.42 Å². The van der Waals surface area contributed by atoms with Gasteiger partial charge in [-0.1, -0.05) is 29.5 Å². The summed E-state index contributed by atoms with van der Waals surface area (Å²) in [5.74, 6) is 1.18. The van der Waals surface area contributed by atoms with Gasteiger partial charge in [-0.15, -0.1) is 5.10 Å². The van der Waals surface area contributed by atoms with Crippen molar-refractivity contribution in [2.24, 2.45) is 0 Å². The molecule has 1 unspecified atom stereocenters. The second-order valence-corrected chi connectivity index (χ2v) is 5.24. The minimum atomic E-state index is -0.563. The molecule has 0 bridgehead atoms. The third-order valence-corrected chi connectivity index (χ3v) is 3.89. The Morgan fingerprint density at radius 2 is 2.19 bits per heavy atom. The number of fused-ring (bicyclic) bond motifs is 1. The maximum absolute atomic E-state index is 10.5. The van der Waals surface area contributed by atoms with E-state index in [1.165, 1.54) is 0 Å². The van der Waals surface area contributed by atoms with Gasteiger partial charge in [0.1, 0.15) is 11.8 Å². The third kappa shape index (κ3) is 1.95. The Labute approximate surface area is 121 Å². The van der Waals surface area contributed by atoms with E-state index in [1.807, 2.05) is 24.3 Å². The van der Waals surface area contributed by atoms with E-state index in [1.54, 1.807) is 24.0 Å². The zero-order valence-corrected chi connectivity index (χ0v) is 11.5. The van der Waals surface area contributed by atoms with Crippen molar-refractivity contribution in [2.45, 2.75) is 25.5 Å². The number of aliphatic hydroxyl groups excluding tert-OH is 1. The Kier molecular flexibility index (Phi) is 2.65. The van der Waals surface area contributed by atoms with Crippen molar-refractivity contribution in [1.82, 2.24) is 20.0 Å². The highest BCUT2D eigenvalue weighted by atomic mass is 16.4. The summed E-state index contributed by atoms with van der Waals surface area (Å²) < 4.78 is 7.15. The molecule has 0 saturated carbocycles. The lowest BCUT2D eigenvalue weighted by Crippen LogP contribution is -2.14. The summed E-state index contributed by atoms with van der Waals surface area (Å²) in [5.41, 5.74) is 2.75. The molecule has 0 saturated heterocycles. The molecule has 1 aliphatic rings. The van der Waals surface area contributed by atoms with Gasteiger partial charge in [0.15, 0.2) is 11.7 Å². The molecule has 0 spiro atoms. The van der Waals surface area contributed by atoms with Crippen molar-refractivity contribution >= 4 is 0 Å². The van der Waals surface area contributed by atoms with E-state index in [0.717, 1.165) is 17.5 Å². The van der Waals surface area contributed by atoms with Crippen LogP contribution >= 0.6 is 0 Å². The number of hydrogen-bond donors (Lipinski definition) is 1. The van der Waals surface area contributed by atoms with E-state index >= 15 is 0 Å². The van der Waals surface area contributed by atoms with Crippen LogP contribution in [0, 0.1) is 6.92 Å². The topological polar surface area (TPSA) is 77.0 Å². The molecule has 1 N–H and O–H groups in total. The molecule has 2 atom stereocenters. The first-order valence-electron chi connectivity index (χ1n) is 6.83. The van der Waals surface area contributed by atoms with E-state index in [9.17, 15) is 5.11 Å². The van der Waals surface area contributed by atoms with E-state index in [0.29, 0.717) is 17.3 Å². The Bertz CT molecular complexity index is 792. The zero-order chi connectivity index (χ0) is 14.4. The van der Waals surface area contributed by atoms with Crippen LogP contribution in [0.2, 0.25) is 0 Å². The number of aliphatic hydroxyl groups is 1. The van der Waals surface area contributed by atoms with Gasteiger partial charge in [-0.2, -0.15) is 0 Å². The summed E-state index contributed by atoms with van der Waals surface area (Å²) in [6, 6.07) is 7.79. The normalized spacial score (nSPS) is 20.7. The van der Waals surface area contributed by atoms with Crippen LogP contribution in [0.1, 0.15) is 29.2 Å². The first-order chi connectivity index (χ1) is 10.2. The zero-order valence-electron chi connectivity index (χ0n) is 11.5. The lowest BCUT2D eigenvalue weighted by Gasteiger charge is -2.14. The minimum absolute atomic E-state index is 0.132. The molecular formula is C15H14N4O2. The second kappa shape index (κ2) is 4.53. The third-order valence-electron chi connectivity index (χ3n) is 3.89. The Balaban J connectivity index is 1.66. The fraction of sp³-hybridized carbons (Fsp3) is 0.267. The van der Waals surface area contributed by atoms with Crippen LogP contribution in [0.25, 0.3) is 11.5 Å². The van der Waals surface area contributed by atoms with E-state index in [-0.39, 0.29) is 6.04 Å². The quantitative estimate of drug-likeness (QED) is 0.778. The number of aryl methyl sites for hydroxylation is 1. The molecule has 106 valence electrons. The van der Waals surface area contributed by atoms with Gasteiger partial charge in [0.05, 0.1) is 18.4 Å². The van der Waals surface area contributed by atoms with Crippen molar-refractivity contribution in [3.63, 3.8) is 0 Å². The summed E-state index contributed by atoms with van der Waals surface area (Å²) in [6.45, 7) is 1.78. The summed E-state index contributed by atoms with van der Waals surface area (Å²) in [5, 5.41) is 18.7. The van der Waals surface area contributed by atoms with Gasteiger partial charge >= 0.3 is 0 Å². The van der Waals surface area contributed by atoms with Crippen molar-refractivity contribution in [3.8, 4) is 11.5 Å². The molecule has 4 rings (SSSR count). The number of hydrogen-bond acceptors (Lipinski definition) is 5. The number of oxazole rings is 1. The van der Waals surface area contributed by atoms with Crippen molar-refractivity contribution in [1.29, 1.82) is 0 Å². The maximum Gasteiger partial charge on any atom is 0.191 e. The Hall–Kier alpha value is -2.47. The van der Waals surface area contributed by atoms with Crippen LogP contribution in [0.15, 0.2) is 41.1 Å². The van der Waals surface area contributed by atoms with Crippen LogP contribution in [0.5, 0.6) is 0 Å². The molecular weight excluding hydrogens is 268 g/mol. The van der Waals surface area contributed by atoms with E-state index < -0.39 is 6.10 Å². The molecule has 1 aliphatic carbocycles. The lowest BCUT2D eigenvalue weighted by atomic mass is 10.1. The molecule has 1 aromatic carbocycles. The summed E-state index contributed by atoms with van der Waals surface area (Å²) in [6.07, 6.45) is 3.60. The molecule has 0 radical (unpaired) electrons. The Morgan fingerprint density at radius 1 is 1.33 bits per heavy atom. The highest BCUT2D eigenvalue weighted by Gasteiger charge is 2.33. The predicted octanol–water partition coefficient (Wildman–Crippen LogP) is 2.07. The molecule has 21 heavy (non-hydrogen) atoms. The number of nitrogens with zero attached hydrogens (tertiary/aromatic N) is 4. The molecule has 2 heterocycles. The molecule has 0 aliphatic heterocycles. The van der Waals surface area contributed by atoms with E-state index in [4.69, 9.17) is 4.42 Å². The van der Waals surface area contributed by atoms with Crippen LogP contribution in [-0.4, -0.2) is 25.1 Å². The van der Waals surface area contributed by atoms with Gasteiger partial charge < -0.3 is 9.52 Å². The SMILES string of the molecule is Cc1ncc(-c2cn(C3Cc4ccccc4[C@@H]3O)nn2)o1. The second-order valence-electron chi connectivity index (χ2n) is 5.24. The highest BCUT2D eigenvalue weighted by molar-refractivity contribution is 5.48. The lowest BCUT2D eigenvalue weighted by molar-refractivity contribution is 0.120.